The molecule has 0 fully saturated rings. The predicted octanol–water partition coefficient (Wildman–Crippen LogP) is 4.60. The van der Waals surface area contributed by atoms with Gasteiger partial charge in [0.25, 0.3) is 5.91 Å². The van der Waals surface area contributed by atoms with Crippen LogP contribution in [-0.4, -0.2) is 21.4 Å². The molecule has 0 spiro atoms. The number of nitrogens with zero attached hydrogens (tertiary/aromatic N) is 3. The fraction of sp³-hybridized carbons (Fsp3) is 0.154. The molecular weight excluding hydrogens is 448 g/mol. The number of thiazole rings is 1. The lowest BCUT2D eigenvalue weighted by Crippen LogP contribution is -2.12. The van der Waals surface area contributed by atoms with E-state index in [2.05, 4.69) is 11.1 Å². The monoisotopic (exact) mass is 470 g/mol. The highest BCUT2D eigenvalue weighted by Crippen LogP contribution is 2.34. The van der Waals surface area contributed by atoms with Crippen molar-refractivity contribution >= 4 is 23.2 Å². The number of rotatable bonds is 7. The third-order valence-corrected chi connectivity index (χ3v) is 6.43. The minimum absolute atomic E-state index is 0.157. The maximum absolute atomic E-state index is 13.3. The lowest BCUT2D eigenvalue weighted by molar-refractivity contribution is 0.0472. The van der Waals surface area contributed by atoms with Gasteiger partial charge in [-0.2, -0.15) is 5.26 Å². The molecule has 2 heterocycles. The summed E-state index contributed by atoms with van der Waals surface area (Å²) in [6.45, 7) is 4.33. The molecule has 0 aliphatic heterocycles. The Balaban J connectivity index is 1.75. The van der Waals surface area contributed by atoms with Gasteiger partial charge in [-0.1, -0.05) is 42.5 Å². The molecule has 170 valence electrons. The fourth-order valence-electron chi connectivity index (χ4n) is 3.86. The number of esters is 1. The van der Waals surface area contributed by atoms with Gasteiger partial charge in [0, 0.05) is 22.3 Å². The van der Waals surface area contributed by atoms with Crippen molar-refractivity contribution in [3.63, 3.8) is 0 Å². The summed E-state index contributed by atoms with van der Waals surface area (Å²) in [5, 5.41) is 11.5. The first-order valence-electron chi connectivity index (χ1n) is 10.5. The highest BCUT2D eigenvalue weighted by atomic mass is 32.1. The van der Waals surface area contributed by atoms with Crippen LogP contribution in [0.5, 0.6) is 0 Å². The van der Waals surface area contributed by atoms with Crippen LogP contribution in [0.25, 0.3) is 11.1 Å². The van der Waals surface area contributed by atoms with Gasteiger partial charge in [0.15, 0.2) is 0 Å². The first kappa shape index (κ1) is 23.0. The minimum atomic E-state index is -0.577. The Kier molecular flexibility index (Phi) is 6.57. The summed E-state index contributed by atoms with van der Waals surface area (Å²) >= 11 is 1.34. The van der Waals surface area contributed by atoms with Gasteiger partial charge in [-0.05, 0) is 37.1 Å². The predicted molar refractivity (Wildman–Crippen MR) is 129 cm³/mol. The number of primary amides is 1. The molecule has 0 aliphatic carbocycles. The zero-order valence-corrected chi connectivity index (χ0v) is 19.6. The van der Waals surface area contributed by atoms with Crippen molar-refractivity contribution in [3.05, 3.63) is 98.8 Å². The summed E-state index contributed by atoms with van der Waals surface area (Å²) in [6.07, 6.45) is 0. The average molecular weight is 471 g/mol. The zero-order valence-electron chi connectivity index (χ0n) is 18.7. The van der Waals surface area contributed by atoms with Crippen LogP contribution in [0.3, 0.4) is 0 Å². The van der Waals surface area contributed by atoms with Gasteiger partial charge in [0.05, 0.1) is 23.7 Å². The molecule has 2 aromatic heterocycles. The van der Waals surface area contributed by atoms with Crippen molar-refractivity contribution in [2.45, 2.75) is 27.0 Å². The van der Waals surface area contributed by atoms with Crippen LogP contribution in [0.1, 0.15) is 48.4 Å². The number of benzene rings is 2. The number of carbonyl (C=O) groups excluding carboxylic acids is 2. The van der Waals surface area contributed by atoms with Crippen LogP contribution in [-0.2, 0) is 17.9 Å². The van der Waals surface area contributed by atoms with Gasteiger partial charge in [-0.3, -0.25) is 4.79 Å². The van der Waals surface area contributed by atoms with E-state index >= 15 is 0 Å². The molecule has 2 N–H and O–H groups in total. The van der Waals surface area contributed by atoms with E-state index < -0.39 is 11.9 Å². The second kappa shape index (κ2) is 9.73. The van der Waals surface area contributed by atoms with Gasteiger partial charge in [-0.15, -0.1) is 11.3 Å². The van der Waals surface area contributed by atoms with E-state index in [4.69, 9.17) is 15.7 Å². The van der Waals surface area contributed by atoms with E-state index in [1.165, 1.54) is 11.3 Å². The molecule has 2 aromatic carbocycles. The number of nitrogens with two attached hydrogens (primary N) is 1. The van der Waals surface area contributed by atoms with E-state index in [9.17, 15) is 9.59 Å². The molecule has 0 bridgehead atoms. The van der Waals surface area contributed by atoms with Gasteiger partial charge in [0.2, 0.25) is 0 Å². The maximum atomic E-state index is 13.3. The first-order valence-corrected chi connectivity index (χ1v) is 11.4. The van der Waals surface area contributed by atoms with Crippen LogP contribution in [0, 0.1) is 25.2 Å². The molecule has 0 atom stereocenters. The SMILES string of the molecule is Cc1c(C(=O)OCc2ccccc2)c(-c2ccc(C#N)cc2)c(C)n1Cc1nc(C(N)=O)cs1. The van der Waals surface area contributed by atoms with Crippen molar-refractivity contribution in [3.8, 4) is 17.2 Å². The molecule has 34 heavy (non-hydrogen) atoms. The Bertz CT molecular complexity index is 1400. The quantitative estimate of drug-likeness (QED) is 0.397. The molecular formula is C26H22N4O3S. The fourth-order valence-corrected chi connectivity index (χ4v) is 4.63. The third-order valence-electron chi connectivity index (χ3n) is 5.60. The van der Waals surface area contributed by atoms with Crippen LogP contribution < -0.4 is 5.73 Å². The van der Waals surface area contributed by atoms with Crippen LogP contribution in [0.2, 0.25) is 0 Å². The highest BCUT2D eigenvalue weighted by molar-refractivity contribution is 7.09. The third kappa shape index (κ3) is 4.60. The largest absolute Gasteiger partial charge is 0.457 e. The van der Waals surface area contributed by atoms with E-state index in [0.717, 1.165) is 28.1 Å². The number of amides is 1. The molecule has 8 heteroatoms. The molecule has 7 nitrogen and oxygen atoms in total. The lowest BCUT2D eigenvalue weighted by atomic mass is 9.99. The number of nitriles is 1. The molecule has 4 aromatic rings. The number of hydrogen-bond donors (Lipinski definition) is 1. The van der Waals surface area contributed by atoms with Gasteiger partial charge in [0.1, 0.15) is 17.3 Å². The van der Waals surface area contributed by atoms with E-state index in [1.54, 1.807) is 17.5 Å². The molecule has 0 saturated carbocycles. The second-order valence-electron chi connectivity index (χ2n) is 7.75. The highest BCUT2D eigenvalue weighted by Gasteiger charge is 2.26. The van der Waals surface area contributed by atoms with Crippen LogP contribution in [0.15, 0.2) is 60.0 Å². The molecule has 0 aliphatic rings. The molecule has 4 rings (SSSR count). The number of aromatic nitrogens is 2. The maximum Gasteiger partial charge on any atom is 0.340 e. The molecule has 1 amide bonds. The van der Waals surface area contributed by atoms with E-state index in [1.807, 2.05) is 60.9 Å². The summed E-state index contributed by atoms with van der Waals surface area (Å²) in [4.78, 5) is 29.1. The number of hydrogen-bond acceptors (Lipinski definition) is 6. The first-order chi connectivity index (χ1) is 16.4. The Morgan fingerprint density at radius 1 is 1.09 bits per heavy atom. The molecule has 0 radical (unpaired) electrons. The van der Waals surface area contributed by atoms with Gasteiger partial charge in [-0.25, -0.2) is 9.78 Å². The minimum Gasteiger partial charge on any atom is -0.457 e. The Hall–Kier alpha value is -4.22. The zero-order chi connectivity index (χ0) is 24.2. The van der Waals surface area contributed by atoms with E-state index in [0.29, 0.717) is 22.7 Å². The Morgan fingerprint density at radius 2 is 1.79 bits per heavy atom. The van der Waals surface area contributed by atoms with Gasteiger partial charge >= 0.3 is 5.97 Å². The molecule has 0 unspecified atom stereocenters. The Morgan fingerprint density at radius 3 is 2.41 bits per heavy atom. The summed E-state index contributed by atoms with van der Waals surface area (Å²) in [5.41, 5.74) is 10.6. The number of ether oxygens (including phenoxy) is 1. The lowest BCUT2D eigenvalue weighted by Gasteiger charge is -2.08. The molecule has 0 saturated heterocycles. The number of carbonyl (C=O) groups is 2. The van der Waals surface area contributed by atoms with Crippen LogP contribution >= 0.6 is 11.3 Å². The topological polar surface area (TPSA) is 111 Å². The second-order valence-corrected chi connectivity index (χ2v) is 8.69. The van der Waals surface area contributed by atoms with Crippen molar-refractivity contribution in [1.29, 1.82) is 5.26 Å². The van der Waals surface area contributed by atoms with Crippen molar-refractivity contribution in [2.75, 3.05) is 0 Å². The smallest absolute Gasteiger partial charge is 0.340 e. The summed E-state index contributed by atoms with van der Waals surface area (Å²) < 4.78 is 7.66. The average Bonchev–Trinajstić information content (AvgIpc) is 3.42. The summed E-state index contributed by atoms with van der Waals surface area (Å²) in [6, 6.07) is 18.7. The van der Waals surface area contributed by atoms with Gasteiger partial charge < -0.3 is 15.0 Å². The standard InChI is InChI=1S/C26H22N4O3S/c1-16-23(20-10-8-18(12-27)9-11-20)24(26(32)33-14-19-6-4-3-5-7-19)17(2)30(16)13-22-29-21(15-34-22)25(28)31/h3-11,15H,13-14H2,1-2H3,(H2,28,31). The Labute approximate surface area is 201 Å². The normalized spacial score (nSPS) is 10.6. The van der Waals surface area contributed by atoms with Crippen molar-refractivity contribution in [2.24, 2.45) is 5.73 Å². The summed E-state index contributed by atoms with van der Waals surface area (Å²) in [7, 11) is 0. The van der Waals surface area contributed by atoms with Crippen molar-refractivity contribution in [1.82, 2.24) is 9.55 Å². The summed E-state index contributed by atoms with van der Waals surface area (Å²) in [5.74, 6) is -1.01. The van der Waals surface area contributed by atoms with Crippen molar-refractivity contribution < 1.29 is 14.3 Å². The van der Waals surface area contributed by atoms with Crippen LogP contribution in [0.4, 0.5) is 0 Å². The van der Waals surface area contributed by atoms with E-state index in [-0.39, 0.29) is 12.3 Å².